The molecular weight excluding hydrogens is 648 g/mol. The predicted molar refractivity (Wildman–Crippen MR) is 162 cm³/mol. The summed E-state index contributed by atoms with van der Waals surface area (Å²) in [6.45, 7) is 5.07. The van der Waals surface area contributed by atoms with Gasteiger partial charge in [0, 0.05) is 46.2 Å². The lowest BCUT2D eigenvalue weighted by molar-refractivity contribution is -0.342. The van der Waals surface area contributed by atoms with Crippen molar-refractivity contribution >= 4 is 41.4 Å². The fraction of sp³-hybridized carbons (Fsp3) is 0.485. The summed E-state index contributed by atoms with van der Waals surface area (Å²) in [5.74, 6) is -5.44. The van der Waals surface area contributed by atoms with Gasteiger partial charge in [-0.25, -0.2) is 0 Å². The largest absolute Gasteiger partial charge is 0.471 e. The number of rotatable bonds is 11. The van der Waals surface area contributed by atoms with Crippen LogP contribution in [-0.4, -0.2) is 86.0 Å². The second kappa shape index (κ2) is 16.2. The zero-order valence-corrected chi connectivity index (χ0v) is 27.4. The number of hydrogen-bond acceptors (Lipinski definition) is 15. The molecule has 0 radical (unpaired) electrons. The Balaban J connectivity index is 1.68. The van der Waals surface area contributed by atoms with Crippen molar-refractivity contribution in [2.45, 2.75) is 78.0 Å². The molecule has 4 rings (SSSR count). The average Bonchev–Trinajstić information content (AvgIpc) is 3.46. The summed E-state index contributed by atoms with van der Waals surface area (Å²) < 4.78 is 45.1. The molecule has 1 fully saturated rings. The van der Waals surface area contributed by atoms with E-state index in [-0.39, 0.29) is 12.2 Å². The highest BCUT2D eigenvalue weighted by molar-refractivity contribution is 6.04. The first-order chi connectivity index (χ1) is 23.3. The van der Waals surface area contributed by atoms with Crippen LogP contribution >= 0.6 is 0 Å². The summed E-state index contributed by atoms with van der Waals surface area (Å²) >= 11 is 0. The van der Waals surface area contributed by atoms with Gasteiger partial charge in [-0.3, -0.25) is 28.8 Å². The number of anilines is 1. The molecule has 3 aliphatic rings. The maximum atomic E-state index is 13.5. The molecule has 49 heavy (non-hydrogen) atoms. The lowest BCUT2D eigenvalue weighted by atomic mass is 9.83. The number of ether oxygens (including phenoxy) is 8. The van der Waals surface area contributed by atoms with E-state index in [0.717, 1.165) is 27.7 Å². The molecule has 2 heterocycles. The Hall–Kier alpha value is -5.27. The summed E-state index contributed by atoms with van der Waals surface area (Å²) in [7, 11) is 0. The van der Waals surface area contributed by atoms with E-state index in [2.05, 4.69) is 5.32 Å². The van der Waals surface area contributed by atoms with Crippen molar-refractivity contribution in [3.8, 4) is 6.07 Å². The highest BCUT2D eigenvalue weighted by Gasteiger charge is 2.55. The molecule has 1 aliphatic carbocycles. The van der Waals surface area contributed by atoms with Gasteiger partial charge in [0.1, 0.15) is 19.3 Å². The lowest BCUT2D eigenvalue weighted by Crippen LogP contribution is -2.63. The van der Waals surface area contributed by atoms with Gasteiger partial charge in [-0.15, -0.1) is 0 Å². The van der Waals surface area contributed by atoms with E-state index < -0.39 is 91.2 Å². The predicted octanol–water partition coefficient (Wildman–Crippen LogP) is 1.96. The number of esters is 5. The molecule has 2 aliphatic heterocycles. The first-order valence-corrected chi connectivity index (χ1v) is 15.2. The number of allylic oxidation sites excluding steroid dienone is 1. The minimum absolute atomic E-state index is 0.150. The van der Waals surface area contributed by atoms with Gasteiger partial charge in [0.15, 0.2) is 18.3 Å². The first-order valence-electron chi connectivity index (χ1n) is 15.2. The van der Waals surface area contributed by atoms with Crippen LogP contribution in [0.4, 0.5) is 5.69 Å². The van der Waals surface area contributed by atoms with Crippen LogP contribution in [0.15, 0.2) is 47.7 Å². The van der Waals surface area contributed by atoms with Gasteiger partial charge in [-0.2, -0.15) is 5.26 Å². The standard InChI is InChI=1S/C33H36N2O14/c1-16(36)42-13-22-8-11-24-25(31(41)35-23-9-6-21(12-34)7-10-23)14-44-32(27(22)24)49-33-30(47-20(5)40)29(46-19(4)39)28(45-18(3)38)26(48-33)15-43-17(2)37/h6-10,14,24,26-30,32-33H,11,13,15H2,1-5H3,(H,35,41)/t24-,26-,27-,28-,29+,30-,32+,33+/m1/s1. The number of amides is 1. The van der Waals surface area contributed by atoms with Crippen molar-refractivity contribution in [3.63, 3.8) is 0 Å². The van der Waals surface area contributed by atoms with Crippen LogP contribution in [-0.2, 0) is 66.7 Å². The van der Waals surface area contributed by atoms with Crippen molar-refractivity contribution in [2.24, 2.45) is 11.8 Å². The molecule has 0 spiro atoms. The van der Waals surface area contributed by atoms with Gasteiger partial charge in [0.2, 0.25) is 12.6 Å². The van der Waals surface area contributed by atoms with Crippen LogP contribution in [0.2, 0.25) is 0 Å². The third-order valence-electron chi connectivity index (χ3n) is 7.71. The molecule has 0 saturated carbocycles. The van der Waals surface area contributed by atoms with Crippen molar-refractivity contribution in [1.82, 2.24) is 0 Å². The van der Waals surface area contributed by atoms with E-state index in [1.165, 1.54) is 13.2 Å². The molecule has 1 N–H and O–H groups in total. The fourth-order valence-electron chi connectivity index (χ4n) is 5.76. The summed E-state index contributed by atoms with van der Waals surface area (Å²) in [6.07, 6.45) is -5.13. The van der Waals surface area contributed by atoms with E-state index in [9.17, 15) is 28.8 Å². The van der Waals surface area contributed by atoms with Gasteiger partial charge >= 0.3 is 29.8 Å². The topological polar surface area (TPSA) is 212 Å². The van der Waals surface area contributed by atoms with Gasteiger partial charge in [-0.1, -0.05) is 6.08 Å². The summed E-state index contributed by atoms with van der Waals surface area (Å²) in [4.78, 5) is 73.5. The molecule has 16 heteroatoms. The monoisotopic (exact) mass is 684 g/mol. The third-order valence-corrected chi connectivity index (χ3v) is 7.71. The molecular formula is C33H36N2O14. The molecule has 1 aromatic carbocycles. The van der Waals surface area contributed by atoms with Gasteiger partial charge in [0.25, 0.3) is 5.91 Å². The SMILES string of the molecule is CC(=O)OCC1=CC[C@@H]2C(C(=O)Nc3ccc(C#N)cc3)=CO[C@@H](O[C@@H]3O[C@H](COC(C)=O)[C@@H](OC(C)=O)[C@H](OC(C)=O)[C@H]3OC(C)=O)[C@H]12. The maximum absolute atomic E-state index is 13.5. The lowest BCUT2D eigenvalue weighted by Gasteiger charge is -2.45. The van der Waals surface area contributed by atoms with Crippen LogP contribution in [0, 0.1) is 23.2 Å². The average molecular weight is 685 g/mol. The normalized spacial score (nSPS) is 27.0. The molecule has 262 valence electrons. The van der Waals surface area contributed by atoms with Crippen molar-refractivity contribution in [1.29, 1.82) is 5.26 Å². The number of nitriles is 1. The number of hydrogen-bond donors (Lipinski definition) is 1. The quantitative estimate of drug-likeness (QED) is 0.200. The number of carbonyl (C=O) groups excluding carboxylic acids is 6. The summed E-state index contributed by atoms with van der Waals surface area (Å²) in [5, 5.41) is 11.9. The van der Waals surface area contributed by atoms with Gasteiger partial charge in [-0.05, 0) is 36.3 Å². The highest BCUT2D eigenvalue weighted by atomic mass is 16.8. The zero-order chi connectivity index (χ0) is 35.8. The van der Waals surface area contributed by atoms with E-state index in [0.29, 0.717) is 23.2 Å². The summed E-state index contributed by atoms with van der Waals surface area (Å²) in [5.41, 5.74) is 1.65. The zero-order valence-electron chi connectivity index (χ0n) is 27.4. The van der Waals surface area contributed by atoms with Crippen LogP contribution < -0.4 is 5.32 Å². The molecule has 0 unspecified atom stereocenters. The van der Waals surface area contributed by atoms with Crippen LogP contribution in [0.25, 0.3) is 0 Å². The van der Waals surface area contributed by atoms with E-state index in [1.807, 2.05) is 6.07 Å². The second-order valence-electron chi connectivity index (χ2n) is 11.4. The molecule has 1 amide bonds. The maximum Gasteiger partial charge on any atom is 0.303 e. The first kappa shape index (κ1) is 36.6. The smallest absolute Gasteiger partial charge is 0.303 e. The molecule has 16 nitrogen and oxygen atoms in total. The summed E-state index contributed by atoms with van der Waals surface area (Å²) in [6, 6.07) is 8.26. The third kappa shape index (κ3) is 9.42. The van der Waals surface area contributed by atoms with Crippen LogP contribution in [0.1, 0.15) is 46.6 Å². The molecule has 0 aromatic heterocycles. The number of benzene rings is 1. The highest BCUT2D eigenvalue weighted by Crippen LogP contribution is 2.45. The van der Waals surface area contributed by atoms with Crippen LogP contribution in [0.5, 0.6) is 0 Å². The number of nitrogens with zero attached hydrogens (tertiary/aromatic N) is 1. The molecule has 0 bridgehead atoms. The molecule has 1 saturated heterocycles. The van der Waals surface area contributed by atoms with E-state index in [4.69, 9.17) is 43.2 Å². The Kier molecular flexibility index (Phi) is 12.1. The Bertz CT molecular complexity index is 1560. The number of fused-ring (bicyclic) bond motifs is 1. The molecule has 1 aromatic rings. The number of nitrogens with one attached hydrogen (secondary N) is 1. The minimum atomic E-state index is -1.57. The Morgan fingerprint density at radius 1 is 0.816 bits per heavy atom. The van der Waals surface area contributed by atoms with Crippen LogP contribution in [0.3, 0.4) is 0 Å². The fourth-order valence-corrected chi connectivity index (χ4v) is 5.76. The van der Waals surface area contributed by atoms with Gasteiger partial charge in [0.05, 0.1) is 29.4 Å². The van der Waals surface area contributed by atoms with E-state index >= 15 is 0 Å². The van der Waals surface area contributed by atoms with E-state index in [1.54, 1.807) is 30.3 Å². The van der Waals surface area contributed by atoms with Gasteiger partial charge < -0.3 is 43.2 Å². The number of carbonyl (C=O) groups is 6. The molecule has 8 atom stereocenters. The Morgan fingerprint density at radius 3 is 2.02 bits per heavy atom. The Labute approximate surface area is 281 Å². The van der Waals surface area contributed by atoms with Crippen molar-refractivity contribution < 1.29 is 66.7 Å². The van der Waals surface area contributed by atoms with Crippen molar-refractivity contribution in [2.75, 3.05) is 18.5 Å². The minimum Gasteiger partial charge on any atom is -0.471 e. The Morgan fingerprint density at radius 2 is 1.43 bits per heavy atom. The van der Waals surface area contributed by atoms with Crippen molar-refractivity contribution in [3.05, 3.63) is 53.3 Å². The second-order valence-corrected chi connectivity index (χ2v) is 11.4.